The lowest BCUT2D eigenvalue weighted by atomic mass is 10.0. The van der Waals surface area contributed by atoms with Gasteiger partial charge in [0.05, 0.1) is 10.0 Å². The zero-order chi connectivity index (χ0) is 13.6. The van der Waals surface area contributed by atoms with E-state index in [0.29, 0.717) is 15.3 Å². The van der Waals surface area contributed by atoms with Crippen molar-refractivity contribution in [2.24, 2.45) is 0 Å². The Morgan fingerprint density at radius 1 is 1.16 bits per heavy atom. The third kappa shape index (κ3) is 2.71. The summed E-state index contributed by atoms with van der Waals surface area (Å²) in [4.78, 5) is 3.59. The number of phenols is 1. The van der Waals surface area contributed by atoms with Crippen LogP contribution in [0.1, 0.15) is 25.7 Å². The average molecular weight is 318 g/mol. The Hall–Kier alpha value is -0.0900. The van der Waals surface area contributed by atoms with Crippen molar-refractivity contribution >= 4 is 35.0 Å². The van der Waals surface area contributed by atoms with Gasteiger partial charge in [0.2, 0.25) is 0 Å². The standard InChI is InChI=1S/C14H17Cl2NOS/c1-17-8-2-3-9(17)5-10(4-8)19-11-6-12(15)14(18)13(16)7-11/h6-10,18H,2-5H2,1H3/t8-,9+,10?. The van der Waals surface area contributed by atoms with E-state index in [-0.39, 0.29) is 5.75 Å². The van der Waals surface area contributed by atoms with Crippen LogP contribution in [-0.2, 0) is 0 Å². The van der Waals surface area contributed by atoms with Crippen molar-refractivity contribution in [2.75, 3.05) is 7.05 Å². The summed E-state index contributed by atoms with van der Waals surface area (Å²) in [5.41, 5.74) is 0. The summed E-state index contributed by atoms with van der Waals surface area (Å²) in [7, 11) is 2.25. The number of hydrogen-bond acceptors (Lipinski definition) is 3. The lowest BCUT2D eigenvalue weighted by Gasteiger charge is -2.36. The summed E-state index contributed by atoms with van der Waals surface area (Å²) >= 11 is 13.8. The number of halogens is 2. The van der Waals surface area contributed by atoms with E-state index in [0.717, 1.165) is 17.0 Å². The number of thioether (sulfide) groups is 1. The number of phenolic OH excluding ortho intramolecular Hbond substituents is 1. The number of piperidine rings is 1. The molecule has 1 aromatic rings. The molecule has 2 aliphatic rings. The van der Waals surface area contributed by atoms with Crippen LogP contribution in [0.25, 0.3) is 0 Å². The summed E-state index contributed by atoms with van der Waals surface area (Å²) in [5.74, 6) is -0.0175. The summed E-state index contributed by atoms with van der Waals surface area (Å²) in [6.45, 7) is 0. The second kappa shape index (κ2) is 5.36. The Labute approximate surface area is 128 Å². The molecule has 0 radical (unpaired) electrons. The van der Waals surface area contributed by atoms with Crippen molar-refractivity contribution in [3.8, 4) is 5.75 Å². The largest absolute Gasteiger partial charge is 0.505 e. The van der Waals surface area contributed by atoms with Gasteiger partial charge in [-0.3, -0.25) is 0 Å². The van der Waals surface area contributed by atoms with E-state index < -0.39 is 0 Å². The van der Waals surface area contributed by atoms with Gasteiger partial charge >= 0.3 is 0 Å². The zero-order valence-corrected chi connectivity index (χ0v) is 13.1. The molecule has 0 aliphatic carbocycles. The molecule has 2 fully saturated rings. The van der Waals surface area contributed by atoms with Gasteiger partial charge in [0.25, 0.3) is 0 Å². The van der Waals surface area contributed by atoms with Gasteiger partial charge in [0.15, 0.2) is 5.75 Å². The predicted octanol–water partition coefficient (Wildman–Crippen LogP) is 4.42. The SMILES string of the molecule is CN1[C@@H]2CC[C@H]1CC(Sc1cc(Cl)c(O)c(Cl)c1)C2. The van der Waals surface area contributed by atoms with E-state index in [1.165, 1.54) is 25.7 Å². The number of nitrogens with zero attached hydrogens (tertiary/aromatic N) is 1. The Kier molecular flexibility index (Phi) is 3.91. The fraction of sp³-hybridized carbons (Fsp3) is 0.571. The summed E-state index contributed by atoms with van der Waals surface area (Å²) in [6, 6.07) is 5.10. The molecule has 5 heteroatoms. The molecule has 0 spiro atoms. The first-order chi connectivity index (χ1) is 9.04. The average Bonchev–Trinajstić information content (AvgIpc) is 2.60. The van der Waals surface area contributed by atoms with Crippen LogP contribution in [0, 0.1) is 0 Å². The lowest BCUT2D eigenvalue weighted by molar-refractivity contribution is 0.183. The van der Waals surface area contributed by atoms with E-state index in [2.05, 4.69) is 11.9 Å². The molecule has 0 amide bonds. The van der Waals surface area contributed by atoms with Crippen LogP contribution in [-0.4, -0.2) is 34.4 Å². The highest BCUT2D eigenvalue weighted by Crippen LogP contribution is 2.43. The molecular weight excluding hydrogens is 301 g/mol. The topological polar surface area (TPSA) is 23.5 Å². The fourth-order valence-corrected chi connectivity index (χ4v) is 5.27. The van der Waals surface area contributed by atoms with Crippen LogP contribution < -0.4 is 0 Å². The normalized spacial score (nSPS) is 30.8. The molecule has 104 valence electrons. The zero-order valence-electron chi connectivity index (χ0n) is 10.8. The molecule has 3 atom stereocenters. The number of rotatable bonds is 2. The number of fused-ring (bicyclic) bond motifs is 2. The van der Waals surface area contributed by atoms with Gasteiger partial charge in [-0.1, -0.05) is 23.2 Å². The molecule has 2 saturated heterocycles. The molecule has 1 N–H and O–H groups in total. The molecule has 2 aliphatic heterocycles. The molecule has 1 aromatic carbocycles. The highest BCUT2D eigenvalue weighted by Gasteiger charge is 2.38. The van der Waals surface area contributed by atoms with Crippen LogP contribution in [0.3, 0.4) is 0 Å². The second-order valence-electron chi connectivity index (χ2n) is 5.50. The van der Waals surface area contributed by atoms with Crippen molar-refractivity contribution in [3.63, 3.8) is 0 Å². The van der Waals surface area contributed by atoms with Crippen molar-refractivity contribution in [1.82, 2.24) is 4.90 Å². The van der Waals surface area contributed by atoms with Gasteiger partial charge in [0, 0.05) is 22.2 Å². The first-order valence-corrected chi connectivity index (χ1v) is 8.24. The van der Waals surface area contributed by atoms with Crippen molar-refractivity contribution in [2.45, 2.75) is 47.9 Å². The van der Waals surface area contributed by atoms with Gasteiger partial charge in [0.1, 0.15) is 0 Å². The Bertz CT molecular complexity index is 459. The van der Waals surface area contributed by atoms with Crippen LogP contribution in [0.15, 0.2) is 17.0 Å². The predicted molar refractivity (Wildman–Crippen MR) is 81.6 cm³/mol. The lowest BCUT2D eigenvalue weighted by Crippen LogP contribution is -2.40. The van der Waals surface area contributed by atoms with Gasteiger partial charge < -0.3 is 10.0 Å². The minimum absolute atomic E-state index is 0.0175. The maximum absolute atomic E-state index is 9.59. The second-order valence-corrected chi connectivity index (χ2v) is 7.69. The number of aromatic hydroxyl groups is 1. The van der Waals surface area contributed by atoms with Crippen molar-refractivity contribution in [3.05, 3.63) is 22.2 Å². The fourth-order valence-electron chi connectivity index (χ4n) is 3.26. The molecule has 1 unspecified atom stereocenters. The minimum Gasteiger partial charge on any atom is -0.505 e. The molecule has 0 saturated carbocycles. The maximum Gasteiger partial charge on any atom is 0.152 e. The van der Waals surface area contributed by atoms with Gasteiger partial charge in [-0.2, -0.15) is 0 Å². The summed E-state index contributed by atoms with van der Waals surface area (Å²) in [6.07, 6.45) is 5.12. The monoisotopic (exact) mass is 317 g/mol. The molecular formula is C14H17Cl2NOS. The molecule has 3 rings (SSSR count). The van der Waals surface area contributed by atoms with Crippen LogP contribution in [0.2, 0.25) is 10.0 Å². The van der Waals surface area contributed by atoms with E-state index >= 15 is 0 Å². The molecule has 2 bridgehead atoms. The first kappa shape index (κ1) is 13.9. The molecule has 2 heterocycles. The molecule has 19 heavy (non-hydrogen) atoms. The Balaban J connectivity index is 1.73. The Morgan fingerprint density at radius 3 is 2.21 bits per heavy atom. The quantitative estimate of drug-likeness (QED) is 0.873. The van der Waals surface area contributed by atoms with Crippen LogP contribution >= 0.6 is 35.0 Å². The number of benzene rings is 1. The van der Waals surface area contributed by atoms with E-state index in [9.17, 15) is 5.11 Å². The van der Waals surface area contributed by atoms with E-state index in [1.807, 2.05) is 23.9 Å². The highest BCUT2D eigenvalue weighted by atomic mass is 35.5. The van der Waals surface area contributed by atoms with Gasteiger partial charge in [-0.15, -0.1) is 11.8 Å². The van der Waals surface area contributed by atoms with Crippen molar-refractivity contribution in [1.29, 1.82) is 0 Å². The summed E-state index contributed by atoms with van der Waals surface area (Å²) in [5, 5.41) is 10.9. The van der Waals surface area contributed by atoms with E-state index in [4.69, 9.17) is 23.2 Å². The first-order valence-electron chi connectivity index (χ1n) is 6.61. The van der Waals surface area contributed by atoms with Crippen LogP contribution in [0.4, 0.5) is 0 Å². The van der Waals surface area contributed by atoms with Gasteiger partial charge in [-0.05, 0) is 44.9 Å². The molecule has 2 nitrogen and oxygen atoms in total. The maximum atomic E-state index is 9.59. The summed E-state index contributed by atoms with van der Waals surface area (Å²) < 4.78 is 0. The third-order valence-electron chi connectivity index (χ3n) is 4.35. The smallest absolute Gasteiger partial charge is 0.152 e. The molecule has 0 aromatic heterocycles. The highest BCUT2D eigenvalue weighted by molar-refractivity contribution is 8.00. The minimum atomic E-state index is -0.0175. The van der Waals surface area contributed by atoms with Crippen molar-refractivity contribution < 1.29 is 5.11 Å². The van der Waals surface area contributed by atoms with Crippen LogP contribution in [0.5, 0.6) is 5.75 Å². The van der Waals surface area contributed by atoms with Gasteiger partial charge in [-0.25, -0.2) is 0 Å². The van der Waals surface area contributed by atoms with E-state index in [1.54, 1.807) is 0 Å². The number of hydrogen-bond donors (Lipinski definition) is 1. The third-order valence-corrected chi connectivity index (χ3v) is 6.15. The Morgan fingerprint density at radius 2 is 1.68 bits per heavy atom.